The van der Waals surface area contributed by atoms with E-state index in [4.69, 9.17) is 4.74 Å². The summed E-state index contributed by atoms with van der Waals surface area (Å²) in [5.41, 5.74) is 1.66. The van der Waals surface area contributed by atoms with Gasteiger partial charge >= 0.3 is 5.97 Å². The predicted molar refractivity (Wildman–Crippen MR) is 70.6 cm³/mol. The van der Waals surface area contributed by atoms with Crippen LogP contribution in [0.5, 0.6) is 0 Å². The Morgan fingerprint density at radius 1 is 1.44 bits per heavy atom. The van der Waals surface area contributed by atoms with E-state index in [1.165, 1.54) is 0 Å². The highest BCUT2D eigenvalue weighted by atomic mass is 16.5. The average Bonchev–Trinajstić information content (AvgIpc) is 2.29. The van der Waals surface area contributed by atoms with Gasteiger partial charge in [0.15, 0.2) is 5.82 Å². The molecule has 1 rings (SSSR count). The molecule has 0 aliphatic heterocycles. The number of aryl methyl sites for hydroxylation is 2. The Balaban J connectivity index is 2.97. The van der Waals surface area contributed by atoms with Gasteiger partial charge in [0.25, 0.3) is 0 Å². The highest BCUT2D eigenvalue weighted by Gasteiger charge is 2.19. The van der Waals surface area contributed by atoms with Crippen molar-refractivity contribution < 1.29 is 9.53 Å². The third-order valence-corrected chi connectivity index (χ3v) is 2.55. The van der Waals surface area contributed by atoms with Crippen molar-refractivity contribution in [3.05, 3.63) is 17.6 Å². The first-order valence-corrected chi connectivity index (χ1v) is 6.18. The summed E-state index contributed by atoms with van der Waals surface area (Å²) < 4.78 is 4.99. The number of ether oxygens (including phenoxy) is 1. The van der Waals surface area contributed by atoms with Crippen LogP contribution in [0.15, 0.2) is 6.20 Å². The second-order valence-electron chi connectivity index (χ2n) is 4.45. The molecule has 100 valence electrons. The molecular formula is C13H21N3O2. The van der Waals surface area contributed by atoms with Gasteiger partial charge in [0.05, 0.1) is 18.0 Å². The lowest BCUT2D eigenvalue weighted by atomic mass is 10.3. The van der Waals surface area contributed by atoms with Crippen LogP contribution in [-0.4, -0.2) is 35.1 Å². The minimum Gasteiger partial charge on any atom is -0.465 e. The van der Waals surface area contributed by atoms with E-state index >= 15 is 0 Å². The Morgan fingerprint density at radius 3 is 2.67 bits per heavy atom. The summed E-state index contributed by atoms with van der Waals surface area (Å²) in [6.07, 6.45) is 1.72. The maximum absolute atomic E-state index is 11.6. The number of aromatic nitrogens is 2. The van der Waals surface area contributed by atoms with E-state index in [-0.39, 0.29) is 18.6 Å². The van der Waals surface area contributed by atoms with Crippen molar-refractivity contribution in [3.63, 3.8) is 0 Å². The van der Waals surface area contributed by atoms with Gasteiger partial charge in [-0.2, -0.15) is 0 Å². The van der Waals surface area contributed by atoms with E-state index in [0.717, 1.165) is 17.2 Å². The molecule has 0 aliphatic rings. The van der Waals surface area contributed by atoms with Gasteiger partial charge in [-0.05, 0) is 34.6 Å². The molecule has 0 aromatic carbocycles. The third-order valence-electron chi connectivity index (χ3n) is 2.55. The lowest BCUT2D eigenvalue weighted by Gasteiger charge is -2.27. The van der Waals surface area contributed by atoms with Crippen LogP contribution >= 0.6 is 0 Å². The Labute approximate surface area is 108 Å². The third kappa shape index (κ3) is 3.68. The highest BCUT2D eigenvalue weighted by molar-refractivity contribution is 5.75. The van der Waals surface area contributed by atoms with Gasteiger partial charge in [-0.1, -0.05) is 0 Å². The molecule has 0 N–H and O–H groups in total. The lowest BCUT2D eigenvalue weighted by Crippen LogP contribution is -2.38. The Bertz CT molecular complexity index is 419. The predicted octanol–water partition coefficient (Wildman–Crippen LogP) is 1.87. The van der Waals surface area contributed by atoms with E-state index in [9.17, 15) is 4.79 Å². The van der Waals surface area contributed by atoms with Crippen LogP contribution in [-0.2, 0) is 9.53 Å². The molecule has 0 spiro atoms. The summed E-state index contributed by atoms with van der Waals surface area (Å²) in [4.78, 5) is 22.3. The molecule has 1 heterocycles. The van der Waals surface area contributed by atoms with Gasteiger partial charge in [-0.15, -0.1) is 0 Å². The Kier molecular flexibility index (Phi) is 5.07. The maximum atomic E-state index is 11.6. The highest BCUT2D eigenvalue weighted by Crippen LogP contribution is 2.17. The fourth-order valence-electron chi connectivity index (χ4n) is 1.64. The Morgan fingerprint density at radius 2 is 2.11 bits per heavy atom. The number of anilines is 1. The van der Waals surface area contributed by atoms with Crippen LogP contribution in [0.1, 0.15) is 32.2 Å². The lowest BCUT2D eigenvalue weighted by molar-refractivity contribution is -0.141. The van der Waals surface area contributed by atoms with E-state index in [0.29, 0.717) is 6.61 Å². The molecule has 1 aromatic heterocycles. The number of carbonyl (C=O) groups excluding carboxylic acids is 1. The normalized spacial score (nSPS) is 10.6. The zero-order chi connectivity index (χ0) is 13.7. The summed E-state index contributed by atoms with van der Waals surface area (Å²) >= 11 is 0. The van der Waals surface area contributed by atoms with Gasteiger partial charge in [-0.25, -0.2) is 4.98 Å². The molecule has 5 heteroatoms. The second kappa shape index (κ2) is 6.33. The molecule has 0 amide bonds. The molecule has 18 heavy (non-hydrogen) atoms. The first-order valence-electron chi connectivity index (χ1n) is 6.18. The molecule has 0 unspecified atom stereocenters. The largest absolute Gasteiger partial charge is 0.465 e. The second-order valence-corrected chi connectivity index (χ2v) is 4.45. The molecule has 1 aromatic rings. The van der Waals surface area contributed by atoms with Crippen LogP contribution < -0.4 is 4.90 Å². The van der Waals surface area contributed by atoms with E-state index in [1.807, 2.05) is 32.6 Å². The topological polar surface area (TPSA) is 55.3 Å². The van der Waals surface area contributed by atoms with Gasteiger partial charge in [0, 0.05) is 12.2 Å². The van der Waals surface area contributed by atoms with Gasteiger partial charge in [0.1, 0.15) is 6.54 Å². The van der Waals surface area contributed by atoms with Gasteiger partial charge in [-0.3, -0.25) is 9.78 Å². The molecule has 0 saturated carbocycles. The van der Waals surface area contributed by atoms with Crippen LogP contribution in [0, 0.1) is 13.8 Å². The first-order chi connectivity index (χ1) is 8.45. The van der Waals surface area contributed by atoms with Crippen LogP contribution in [0.4, 0.5) is 5.82 Å². The fourth-order valence-corrected chi connectivity index (χ4v) is 1.64. The van der Waals surface area contributed by atoms with Crippen molar-refractivity contribution in [2.24, 2.45) is 0 Å². The molecular weight excluding hydrogens is 230 g/mol. The summed E-state index contributed by atoms with van der Waals surface area (Å²) in [6, 6.07) is 0.157. The first kappa shape index (κ1) is 14.4. The number of nitrogens with zero attached hydrogens (tertiary/aromatic N) is 3. The quantitative estimate of drug-likeness (QED) is 0.748. The molecule has 5 nitrogen and oxygen atoms in total. The van der Waals surface area contributed by atoms with Gasteiger partial charge < -0.3 is 9.64 Å². The number of carbonyl (C=O) groups is 1. The SMILES string of the molecule is CCOC(=O)CN(c1nc(C)cnc1C)C(C)C. The summed E-state index contributed by atoms with van der Waals surface area (Å²) in [5.74, 6) is 0.506. The van der Waals surface area contributed by atoms with Crippen molar-refractivity contribution in [2.75, 3.05) is 18.1 Å². The molecule has 0 bridgehead atoms. The minimum absolute atomic E-state index is 0.157. The molecule has 0 atom stereocenters. The number of hydrogen-bond donors (Lipinski definition) is 0. The molecule has 0 saturated heterocycles. The number of esters is 1. The zero-order valence-electron chi connectivity index (χ0n) is 11.7. The van der Waals surface area contributed by atoms with Crippen LogP contribution in [0.3, 0.4) is 0 Å². The maximum Gasteiger partial charge on any atom is 0.325 e. The molecule has 0 fully saturated rings. The van der Waals surface area contributed by atoms with E-state index < -0.39 is 0 Å². The van der Waals surface area contributed by atoms with E-state index in [2.05, 4.69) is 9.97 Å². The average molecular weight is 251 g/mol. The summed E-state index contributed by atoms with van der Waals surface area (Å²) in [6.45, 7) is 10.2. The molecule has 0 radical (unpaired) electrons. The van der Waals surface area contributed by atoms with Gasteiger partial charge in [0.2, 0.25) is 0 Å². The standard InChI is InChI=1S/C13H21N3O2/c1-6-18-12(17)8-16(9(2)3)13-11(5)14-7-10(4)15-13/h7,9H,6,8H2,1-5H3. The van der Waals surface area contributed by atoms with Crippen molar-refractivity contribution in [1.29, 1.82) is 0 Å². The zero-order valence-corrected chi connectivity index (χ0v) is 11.7. The smallest absolute Gasteiger partial charge is 0.325 e. The monoisotopic (exact) mass is 251 g/mol. The minimum atomic E-state index is -0.242. The van der Waals surface area contributed by atoms with Crippen molar-refractivity contribution in [3.8, 4) is 0 Å². The summed E-state index contributed by atoms with van der Waals surface area (Å²) in [7, 11) is 0. The summed E-state index contributed by atoms with van der Waals surface area (Å²) in [5, 5.41) is 0. The van der Waals surface area contributed by atoms with E-state index in [1.54, 1.807) is 13.1 Å². The van der Waals surface area contributed by atoms with Crippen molar-refractivity contribution in [2.45, 2.75) is 40.7 Å². The molecule has 0 aliphatic carbocycles. The van der Waals surface area contributed by atoms with Crippen molar-refractivity contribution in [1.82, 2.24) is 9.97 Å². The fraction of sp³-hybridized carbons (Fsp3) is 0.615. The van der Waals surface area contributed by atoms with Crippen LogP contribution in [0.25, 0.3) is 0 Å². The number of hydrogen-bond acceptors (Lipinski definition) is 5. The Hall–Kier alpha value is -1.65. The number of rotatable bonds is 5. The van der Waals surface area contributed by atoms with Crippen LogP contribution in [0.2, 0.25) is 0 Å². The van der Waals surface area contributed by atoms with Crippen molar-refractivity contribution >= 4 is 11.8 Å².